The second-order valence-corrected chi connectivity index (χ2v) is 5.30. The molecule has 0 aliphatic rings. The van der Waals surface area contributed by atoms with E-state index < -0.39 is 11.1 Å². The number of rotatable bonds is 2. The van der Waals surface area contributed by atoms with Gasteiger partial charge in [0.15, 0.2) is 11.1 Å². The largest absolute Gasteiger partial charge is 0.302 e. The van der Waals surface area contributed by atoms with Crippen LogP contribution in [-0.4, -0.2) is 8.76 Å². The summed E-state index contributed by atoms with van der Waals surface area (Å²) >= 11 is 3.97. The number of hydrogen-bond donors (Lipinski definition) is 2. The first-order valence-electron chi connectivity index (χ1n) is 4.16. The Morgan fingerprint density at radius 2 is 2.13 bits per heavy atom. The van der Waals surface area contributed by atoms with E-state index in [9.17, 15) is 4.21 Å². The lowest BCUT2D eigenvalue weighted by Crippen LogP contribution is -1.89. The minimum Gasteiger partial charge on any atom is -0.302 e. The van der Waals surface area contributed by atoms with E-state index in [1.165, 1.54) is 0 Å². The van der Waals surface area contributed by atoms with Gasteiger partial charge < -0.3 is 4.55 Å². The Bertz CT molecular complexity index is 491. The highest BCUT2D eigenvalue weighted by molar-refractivity contribution is 7.80. The summed E-state index contributed by atoms with van der Waals surface area (Å²) in [6.07, 6.45) is 0. The Balaban J connectivity index is 2.55. The van der Waals surface area contributed by atoms with Gasteiger partial charge in [0.1, 0.15) is 0 Å². The van der Waals surface area contributed by atoms with E-state index >= 15 is 0 Å². The van der Waals surface area contributed by atoms with Gasteiger partial charge in [-0.25, -0.2) is 4.21 Å². The Morgan fingerprint density at radius 1 is 1.33 bits per heavy atom. The average molecular weight is 256 g/mol. The van der Waals surface area contributed by atoms with Gasteiger partial charge in [0.2, 0.25) is 0 Å². The van der Waals surface area contributed by atoms with Crippen LogP contribution >= 0.6 is 24.0 Å². The summed E-state index contributed by atoms with van der Waals surface area (Å²) in [6.45, 7) is 0. The van der Waals surface area contributed by atoms with E-state index in [1.54, 1.807) is 29.5 Å². The highest BCUT2D eigenvalue weighted by Gasteiger charge is 2.07. The van der Waals surface area contributed by atoms with Crippen LogP contribution in [0.15, 0.2) is 45.5 Å². The molecule has 1 N–H and O–H groups in total. The lowest BCUT2D eigenvalue weighted by Gasteiger charge is -2.03. The van der Waals surface area contributed by atoms with Crippen molar-refractivity contribution >= 4 is 35.0 Å². The molecule has 5 heteroatoms. The lowest BCUT2D eigenvalue weighted by atomic mass is 10.2. The van der Waals surface area contributed by atoms with Crippen molar-refractivity contribution in [3.05, 3.63) is 35.7 Å². The summed E-state index contributed by atoms with van der Waals surface area (Å²) in [5.74, 6) is 0. The predicted octanol–water partition coefficient (Wildman–Crippen LogP) is 3.28. The van der Waals surface area contributed by atoms with Crippen LogP contribution in [0, 0.1) is 0 Å². The van der Waals surface area contributed by atoms with E-state index in [2.05, 4.69) is 12.6 Å². The van der Waals surface area contributed by atoms with Crippen LogP contribution in [-0.2, 0) is 11.1 Å². The molecule has 2 nitrogen and oxygen atoms in total. The number of thiol groups is 1. The molecule has 0 bridgehead atoms. The van der Waals surface area contributed by atoms with Crippen molar-refractivity contribution in [2.24, 2.45) is 0 Å². The topological polar surface area (TPSA) is 37.3 Å². The van der Waals surface area contributed by atoms with Crippen LogP contribution in [0.2, 0.25) is 0 Å². The summed E-state index contributed by atoms with van der Waals surface area (Å²) in [6, 6.07) is 8.95. The third-order valence-electron chi connectivity index (χ3n) is 1.96. The minimum atomic E-state index is -1.94. The van der Waals surface area contributed by atoms with Crippen molar-refractivity contribution in [1.29, 1.82) is 0 Å². The van der Waals surface area contributed by atoms with Gasteiger partial charge in [0, 0.05) is 15.3 Å². The molecule has 78 valence electrons. The monoisotopic (exact) mass is 256 g/mol. The van der Waals surface area contributed by atoms with E-state index in [0.717, 1.165) is 15.3 Å². The Hall–Kier alpha value is -0.620. The lowest BCUT2D eigenvalue weighted by molar-refractivity contribution is 0.564. The molecule has 2 rings (SSSR count). The molecule has 2 aromatic rings. The predicted molar refractivity (Wildman–Crippen MR) is 66.0 cm³/mol. The molecule has 0 amide bonds. The Kier molecular flexibility index (Phi) is 3.25. The molecule has 0 saturated heterocycles. The normalized spacial score (nSPS) is 12.7. The van der Waals surface area contributed by atoms with Crippen LogP contribution in [0.3, 0.4) is 0 Å². The zero-order valence-electron chi connectivity index (χ0n) is 7.58. The van der Waals surface area contributed by atoms with Crippen molar-refractivity contribution in [1.82, 2.24) is 0 Å². The molecular weight excluding hydrogens is 248 g/mol. The van der Waals surface area contributed by atoms with Crippen LogP contribution in [0.5, 0.6) is 0 Å². The molecule has 1 aromatic heterocycles. The van der Waals surface area contributed by atoms with Crippen LogP contribution in [0.25, 0.3) is 10.4 Å². The molecule has 0 radical (unpaired) electrons. The summed E-state index contributed by atoms with van der Waals surface area (Å²) < 4.78 is 19.9. The fraction of sp³-hybridized carbons (Fsp3) is 0. The standard InChI is InChI=1S/C10H8O2S3/c11-15(12)7-3-4-9(13)8(6-7)10-2-1-5-14-10/h1-6,13H,(H,11,12). The molecule has 0 spiro atoms. The second-order valence-electron chi connectivity index (χ2n) is 2.91. The van der Waals surface area contributed by atoms with E-state index in [0.29, 0.717) is 4.90 Å². The Labute approximate surface area is 99.7 Å². The zero-order chi connectivity index (χ0) is 10.8. The molecule has 1 heterocycles. The van der Waals surface area contributed by atoms with Gasteiger partial charge in [-0.05, 0) is 29.6 Å². The van der Waals surface area contributed by atoms with Crippen molar-refractivity contribution in [3.63, 3.8) is 0 Å². The summed E-state index contributed by atoms with van der Waals surface area (Å²) in [7, 11) is 0. The zero-order valence-corrected chi connectivity index (χ0v) is 10.1. The summed E-state index contributed by atoms with van der Waals surface area (Å²) in [5.41, 5.74) is 0.897. The maximum absolute atomic E-state index is 10.9. The molecule has 0 aliphatic heterocycles. The van der Waals surface area contributed by atoms with Gasteiger partial charge >= 0.3 is 0 Å². The smallest absolute Gasteiger partial charge is 0.186 e. The van der Waals surface area contributed by atoms with E-state index in [1.807, 2.05) is 17.5 Å². The SMILES string of the molecule is O=S(O)c1ccc(S)c(-c2cccs2)c1. The number of benzene rings is 1. The number of hydrogen-bond acceptors (Lipinski definition) is 3. The third-order valence-corrected chi connectivity index (χ3v) is 3.91. The van der Waals surface area contributed by atoms with Crippen molar-refractivity contribution in [3.8, 4) is 10.4 Å². The van der Waals surface area contributed by atoms with Crippen molar-refractivity contribution < 1.29 is 8.76 Å². The van der Waals surface area contributed by atoms with Crippen LogP contribution in [0.4, 0.5) is 0 Å². The van der Waals surface area contributed by atoms with Gasteiger partial charge in [-0.1, -0.05) is 6.07 Å². The summed E-state index contributed by atoms with van der Waals surface area (Å²) in [4.78, 5) is 2.26. The van der Waals surface area contributed by atoms with Gasteiger partial charge in [-0.3, -0.25) is 0 Å². The summed E-state index contributed by atoms with van der Waals surface area (Å²) in [5, 5.41) is 1.96. The quantitative estimate of drug-likeness (QED) is 0.639. The second kappa shape index (κ2) is 4.49. The maximum Gasteiger partial charge on any atom is 0.186 e. The number of thiophene rings is 1. The van der Waals surface area contributed by atoms with Crippen molar-refractivity contribution in [2.75, 3.05) is 0 Å². The van der Waals surface area contributed by atoms with Gasteiger partial charge in [-0.2, -0.15) is 0 Å². The van der Waals surface area contributed by atoms with E-state index in [4.69, 9.17) is 4.55 Å². The molecule has 0 aliphatic carbocycles. The maximum atomic E-state index is 10.9. The molecule has 1 atom stereocenters. The molecule has 1 aromatic carbocycles. The average Bonchev–Trinajstić information content (AvgIpc) is 2.71. The molecule has 0 saturated carbocycles. The van der Waals surface area contributed by atoms with E-state index in [-0.39, 0.29) is 0 Å². The fourth-order valence-corrected chi connectivity index (χ4v) is 2.75. The molecular formula is C10H8O2S3. The highest BCUT2D eigenvalue weighted by Crippen LogP contribution is 2.31. The van der Waals surface area contributed by atoms with Gasteiger partial charge in [-0.15, -0.1) is 24.0 Å². The first kappa shape index (κ1) is 10.9. The fourth-order valence-electron chi connectivity index (χ4n) is 1.25. The molecule has 15 heavy (non-hydrogen) atoms. The molecule has 1 unspecified atom stereocenters. The third kappa shape index (κ3) is 2.31. The van der Waals surface area contributed by atoms with Crippen molar-refractivity contribution in [2.45, 2.75) is 9.79 Å². The van der Waals surface area contributed by atoms with Gasteiger partial charge in [0.25, 0.3) is 0 Å². The molecule has 0 fully saturated rings. The van der Waals surface area contributed by atoms with Crippen LogP contribution in [0.1, 0.15) is 0 Å². The first-order chi connectivity index (χ1) is 7.18. The Morgan fingerprint density at radius 3 is 2.73 bits per heavy atom. The highest BCUT2D eigenvalue weighted by atomic mass is 32.2. The van der Waals surface area contributed by atoms with Gasteiger partial charge in [0.05, 0.1) is 4.90 Å². The minimum absolute atomic E-state index is 0.399. The first-order valence-corrected chi connectivity index (χ1v) is 6.59. The van der Waals surface area contributed by atoms with Crippen LogP contribution < -0.4 is 0 Å².